The minimum atomic E-state index is 0.442. The van der Waals surface area contributed by atoms with E-state index in [0.717, 1.165) is 12.5 Å². The van der Waals surface area contributed by atoms with Crippen molar-refractivity contribution in [3.63, 3.8) is 0 Å². The average Bonchev–Trinajstić information content (AvgIpc) is 2.65. The second-order valence-corrected chi connectivity index (χ2v) is 5.21. The molecular weight excluding hydrogens is 188 g/mol. The summed E-state index contributed by atoms with van der Waals surface area (Å²) in [6.07, 6.45) is 4.41. The highest BCUT2D eigenvalue weighted by Crippen LogP contribution is 2.17. The van der Waals surface area contributed by atoms with Crippen LogP contribution in [0.15, 0.2) is 0 Å². The van der Waals surface area contributed by atoms with Crippen molar-refractivity contribution < 1.29 is 4.74 Å². The van der Waals surface area contributed by atoms with Crippen LogP contribution in [0.5, 0.6) is 0 Å². The van der Waals surface area contributed by atoms with Gasteiger partial charge < -0.3 is 15.0 Å². The van der Waals surface area contributed by atoms with E-state index in [9.17, 15) is 0 Å². The minimum Gasteiger partial charge on any atom is -0.380 e. The van der Waals surface area contributed by atoms with Gasteiger partial charge in [0.15, 0.2) is 0 Å². The van der Waals surface area contributed by atoms with Gasteiger partial charge in [-0.15, -0.1) is 0 Å². The fraction of sp³-hybridized carbons (Fsp3) is 1.00. The summed E-state index contributed by atoms with van der Waals surface area (Å²) in [6.45, 7) is 7.19. The van der Waals surface area contributed by atoms with E-state index in [2.05, 4.69) is 17.1 Å². The van der Waals surface area contributed by atoms with E-state index in [0.29, 0.717) is 12.1 Å². The standard InChI is InChI=1S/C12H24N2O/c1-10-4-3-5-14(8-10)9-11-6-12(15-2)7-13-11/h10-13H,3-9H2,1-2H3. The smallest absolute Gasteiger partial charge is 0.0711 e. The molecule has 88 valence electrons. The molecule has 2 aliphatic heterocycles. The van der Waals surface area contributed by atoms with E-state index in [-0.39, 0.29) is 0 Å². The highest BCUT2D eigenvalue weighted by Gasteiger charge is 2.26. The lowest BCUT2D eigenvalue weighted by atomic mass is 10.00. The van der Waals surface area contributed by atoms with Crippen LogP contribution in [0, 0.1) is 5.92 Å². The van der Waals surface area contributed by atoms with Crippen LogP contribution in [-0.2, 0) is 4.74 Å². The van der Waals surface area contributed by atoms with Crippen molar-refractivity contribution in [2.75, 3.05) is 33.3 Å². The molecule has 0 radical (unpaired) electrons. The van der Waals surface area contributed by atoms with E-state index in [4.69, 9.17) is 4.74 Å². The molecule has 0 amide bonds. The van der Waals surface area contributed by atoms with Crippen molar-refractivity contribution in [1.82, 2.24) is 10.2 Å². The Morgan fingerprint density at radius 3 is 3.00 bits per heavy atom. The lowest BCUT2D eigenvalue weighted by Gasteiger charge is -2.32. The Labute approximate surface area is 93.2 Å². The molecule has 0 saturated carbocycles. The first-order valence-corrected chi connectivity index (χ1v) is 6.26. The number of piperidine rings is 1. The largest absolute Gasteiger partial charge is 0.380 e. The van der Waals surface area contributed by atoms with Gasteiger partial charge in [-0.2, -0.15) is 0 Å². The Bertz CT molecular complexity index is 198. The fourth-order valence-corrected chi connectivity index (χ4v) is 2.86. The van der Waals surface area contributed by atoms with Gasteiger partial charge in [0.25, 0.3) is 0 Å². The van der Waals surface area contributed by atoms with Crippen LogP contribution in [0.2, 0.25) is 0 Å². The molecule has 2 saturated heterocycles. The van der Waals surface area contributed by atoms with Crippen molar-refractivity contribution in [3.05, 3.63) is 0 Å². The van der Waals surface area contributed by atoms with Crippen molar-refractivity contribution in [3.8, 4) is 0 Å². The third-order valence-electron chi connectivity index (χ3n) is 3.73. The van der Waals surface area contributed by atoms with E-state index in [1.807, 2.05) is 7.11 Å². The summed E-state index contributed by atoms with van der Waals surface area (Å²) in [5, 5.41) is 3.55. The summed E-state index contributed by atoms with van der Waals surface area (Å²) < 4.78 is 5.37. The first kappa shape index (κ1) is 11.4. The Hall–Kier alpha value is -0.120. The predicted octanol–water partition coefficient (Wildman–Crippen LogP) is 1.10. The van der Waals surface area contributed by atoms with Gasteiger partial charge >= 0.3 is 0 Å². The Balaban J connectivity index is 1.72. The van der Waals surface area contributed by atoms with Crippen LogP contribution in [-0.4, -0.2) is 50.3 Å². The van der Waals surface area contributed by atoms with Gasteiger partial charge in [0.2, 0.25) is 0 Å². The Kier molecular flexibility index (Phi) is 4.00. The van der Waals surface area contributed by atoms with Gasteiger partial charge in [0, 0.05) is 32.8 Å². The summed E-state index contributed by atoms with van der Waals surface area (Å²) in [6, 6.07) is 0.653. The van der Waals surface area contributed by atoms with Gasteiger partial charge in [-0.05, 0) is 31.7 Å². The van der Waals surface area contributed by atoms with E-state index in [1.54, 1.807) is 0 Å². The van der Waals surface area contributed by atoms with E-state index in [1.165, 1.54) is 38.9 Å². The summed E-state index contributed by atoms with van der Waals surface area (Å²) in [5.74, 6) is 0.887. The molecular formula is C12H24N2O. The number of nitrogens with one attached hydrogen (secondary N) is 1. The number of likely N-dealkylation sites (tertiary alicyclic amines) is 1. The molecule has 3 atom stereocenters. The molecule has 1 N–H and O–H groups in total. The molecule has 0 aromatic heterocycles. The summed E-state index contributed by atoms with van der Waals surface area (Å²) in [7, 11) is 1.82. The van der Waals surface area contributed by atoms with Crippen LogP contribution < -0.4 is 5.32 Å². The molecule has 0 bridgehead atoms. The number of methoxy groups -OCH3 is 1. The zero-order chi connectivity index (χ0) is 10.7. The van der Waals surface area contributed by atoms with Crippen LogP contribution in [0.4, 0.5) is 0 Å². The normalized spacial score (nSPS) is 38.4. The van der Waals surface area contributed by atoms with Gasteiger partial charge in [-0.25, -0.2) is 0 Å². The molecule has 3 unspecified atom stereocenters. The van der Waals surface area contributed by atoms with Crippen molar-refractivity contribution in [1.29, 1.82) is 0 Å². The predicted molar refractivity (Wildman–Crippen MR) is 62.0 cm³/mol. The van der Waals surface area contributed by atoms with Gasteiger partial charge in [0.05, 0.1) is 6.10 Å². The average molecular weight is 212 g/mol. The highest BCUT2D eigenvalue weighted by molar-refractivity contribution is 4.85. The highest BCUT2D eigenvalue weighted by atomic mass is 16.5. The van der Waals surface area contributed by atoms with E-state index >= 15 is 0 Å². The number of rotatable bonds is 3. The third kappa shape index (κ3) is 3.16. The minimum absolute atomic E-state index is 0.442. The lowest BCUT2D eigenvalue weighted by Crippen LogP contribution is -2.42. The fourth-order valence-electron chi connectivity index (χ4n) is 2.86. The second-order valence-electron chi connectivity index (χ2n) is 5.21. The maximum Gasteiger partial charge on any atom is 0.0711 e. The second kappa shape index (κ2) is 5.28. The van der Waals surface area contributed by atoms with Crippen molar-refractivity contribution in [2.24, 2.45) is 5.92 Å². The van der Waals surface area contributed by atoms with Gasteiger partial charge in [-0.3, -0.25) is 0 Å². The topological polar surface area (TPSA) is 24.5 Å². The van der Waals surface area contributed by atoms with E-state index < -0.39 is 0 Å². The summed E-state index contributed by atoms with van der Waals surface area (Å²) >= 11 is 0. The number of nitrogens with zero attached hydrogens (tertiary/aromatic N) is 1. The molecule has 2 heterocycles. The molecule has 0 aromatic carbocycles. The molecule has 2 rings (SSSR count). The number of hydrogen-bond acceptors (Lipinski definition) is 3. The zero-order valence-electron chi connectivity index (χ0n) is 10.0. The molecule has 3 heteroatoms. The monoisotopic (exact) mass is 212 g/mol. The quantitative estimate of drug-likeness (QED) is 0.758. The van der Waals surface area contributed by atoms with Crippen LogP contribution in [0.25, 0.3) is 0 Å². The zero-order valence-corrected chi connectivity index (χ0v) is 10.0. The summed E-state index contributed by atoms with van der Waals surface area (Å²) in [4.78, 5) is 2.61. The van der Waals surface area contributed by atoms with Gasteiger partial charge in [-0.1, -0.05) is 6.92 Å². The SMILES string of the molecule is COC1CNC(CN2CCCC(C)C2)C1. The Morgan fingerprint density at radius 1 is 1.47 bits per heavy atom. The molecule has 0 aromatic rings. The Morgan fingerprint density at radius 2 is 2.33 bits per heavy atom. The van der Waals surface area contributed by atoms with Crippen LogP contribution in [0.3, 0.4) is 0 Å². The summed E-state index contributed by atoms with van der Waals surface area (Å²) in [5.41, 5.74) is 0. The molecule has 2 aliphatic rings. The lowest BCUT2D eigenvalue weighted by molar-refractivity contribution is 0.113. The first-order valence-electron chi connectivity index (χ1n) is 6.26. The molecule has 2 fully saturated rings. The van der Waals surface area contributed by atoms with Crippen LogP contribution in [0.1, 0.15) is 26.2 Å². The maximum atomic E-state index is 5.37. The maximum absolute atomic E-state index is 5.37. The molecule has 15 heavy (non-hydrogen) atoms. The third-order valence-corrected chi connectivity index (χ3v) is 3.73. The molecule has 0 spiro atoms. The number of hydrogen-bond donors (Lipinski definition) is 1. The van der Waals surface area contributed by atoms with Crippen molar-refractivity contribution >= 4 is 0 Å². The van der Waals surface area contributed by atoms with Gasteiger partial charge in [0.1, 0.15) is 0 Å². The first-order chi connectivity index (χ1) is 7.28. The number of ether oxygens (including phenoxy) is 1. The molecule has 0 aliphatic carbocycles. The van der Waals surface area contributed by atoms with Crippen LogP contribution >= 0.6 is 0 Å². The van der Waals surface area contributed by atoms with Crippen molar-refractivity contribution in [2.45, 2.75) is 38.3 Å². The molecule has 3 nitrogen and oxygen atoms in total.